The molecule has 4 rings (SSSR count). The molecule has 2 aromatic rings. The van der Waals surface area contributed by atoms with Crippen LogP contribution in [0.1, 0.15) is 36.4 Å². The molecule has 0 radical (unpaired) electrons. The van der Waals surface area contributed by atoms with Gasteiger partial charge in [-0.05, 0) is 54.7 Å². The molecule has 1 saturated carbocycles. The molecule has 130 valence electrons. The fourth-order valence-corrected chi connectivity index (χ4v) is 3.57. The Balaban J connectivity index is 1.33. The summed E-state index contributed by atoms with van der Waals surface area (Å²) in [5.41, 5.74) is 8.78. The summed E-state index contributed by atoms with van der Waals surface area (Å²) in [7, 11) is 0. The zero-order valence-corrected chi connectivity index (χ0v) is 14.6. The standard InChI is InChI=1S/C19H21ClN4O/c20-15-3-1-14(2-4-15)19(7-8-19)12-22-18(25)17-11-16(23-24-17)13-5-9-21-10-6-13/h1-6,9-10,16-17,23-24H,7-8,11-12H2,(H,22,25). The largest absolute Gasteiger partial charge is 0.354 e. The Morgan fingerprint density at radius 2 is 1.88 bits per heavy atom. The third kappa shape index (κ3) is 3.54. The summed E-state index contributed by atoms with van der Waals surface area (Å²) in [6.07, 6.45) is 6.47. The van der Waals surface area contributed by atoms with Crippen molar-refractivity contribution in [3.63, 3.8) is 0 Å². The van der Waals surface area contributed by atoms with Gasteiger partial charge in [-0.2, -0.15) is 0 Å². The smallest absolute Gasteiger partial charge is 0.238 e. The number of nitrogens with one attached hydrogen (secondary N) is 3. The third-order valence-corrected chi connectivity index (χ3v) is 5.49. The van der Waals surface area contributed by atoms with Crippen molar-refractivity contribution in [3.05, 3.63) is 64.9 Å². The second kappa shape index (κ2) is 6.75. The van der Waals surface area contributed by atoms with Crippen LogP contribution < -0.4 is 16.2 Å². The predicted octanol–water partition coefficient (Wildman–Crippen LogP) is 2.49. The van der Waals surface area contributed by atoms with Crippen LogP contribution in [0, 0.1) is 0 Å². The summed E-state index contributed by atoms with van der Waals surface area (Å²) in [5, 5.41) is 3.87. The summed E-state index contributed by atoms with van der Waals surface area (Å²) in [4.78, 5) is 16.6. The van der Waals surface area contributed by atoms with E-state index in [2.05, 4.69) is 33.3 Å². The second-order valence-corrected chi connectivity index (χ2v) is 7.35. The summed E-state index contributed by atoms with van der Waals surface area (Å²) in [5.74, 6) is 0.0456. The number of halogens is 1. The lowest BCUT2D eigenvalue weighted by molar-refractivity contribution is -0.123. The zero-order chi connectivity index (χ0) is 17.3. The van der Waals surface area contributed by atoms with Crippen LogP contribution in [-0.2, 0) is 10.2 Å². The van der Waals surface area contributed by atoms with E-state index >= 15 is 0 Å². The molecule has 1 aromatic heterocycles. The monoisotopic (exact) mass is 356 g/mol. The van der Waals surface area contributed by atoms with Crippen LogP contribution in [0.5, 0.6) is 0 Å². The molecule has 2 atom stereocenters. The molecule has 2 aliphatic rings. The van der Waals surface area contributed by atoms with Crippen molar-refractivity contribution in [1.82, 2.24) is 21.2 Å². The fraction of sp³-hybridized carbons (Fsp3) is 0.368. The van der Waals surface area contributed by atoms with Crippen LogP contribution in [-0.4, -0.2) is 23.5 Å². The van der Waals surface area contributed by atoms with Gasteiger partial charge in [-0.1, -0.05) is 23.7 Å². The Kier molecular flexibility index (Phi) is 4.46. The zero-order valence-electron chi connectivity index (χ0n) is 13.8. The van der Waals surface area contributed by atoms with E-state index in [0.717, 1.165) is 29.8 Å². The van der Waals surface area contributed by atoms with Gasteiger partial charge < -0.3 is 5.32 Å². The number of nitrogens with zero attached hydrogens (tertiary/aromatic N) is 1. The first kappa shape index (κ1) is 16.5. The molecule has 25 heavy (non-hydrogen) atoms. The molecule has 1 aliphatic heterocycles. The van der Waals surface area contributed by atoms with E-state index in [1.54, 1.807) is 12.4 Å². The molecule has 3 N–H and O–H groups in total. The molecular weight excluding hydrogens is 336 g/mol. The summed E-state index contributed by atoms with van der Waals surface area (Å²) in [6, 6.07) is 11.8. The number of hydrazine groups is 1. The van der Waals surface area contributed by atoms with Crippen molar-refractivity contribution in [2.45, 2.75) is 36.8 Å². The number of rotatable bonds is 5. The van der Waals surface area contributed by atoms with E-state index < -0.39 is 0 Å². The molecule has 2 unspecified atom stereocenters. The average molecular weight is 357 g/mol. The van der Waals surface area contributed by atoms with Crippen molar-refractivity contribution < 1.29 is 4.79 Å². The molecule has 6 heteroatoms. The molecule has 1 saturated heterocycles. The molecule has 2 fully saturated rings. The maximum atomic E-state index is 12.5. The van der Waals surface area contributed by atoms with Crippen LogP contribution in [0.4, 0.5) is 0 Å². The first-order valence-electron chi connectivity index (χ1n) is 8.61. The predicted molar refractivity (Wildman–Crippen MR) is 97.0 cm³/mol. The molecule has 1 aliphatic carbocycles. The highest BCUT2D eigenvalue weighted by Gasteiger charge is 2.44. The minimum atomic E-state index is -0.223. The van der Waals surface area contributed by atoms with Crippen molar-refractivity contribution in [2.75, 3.05) is 6.54 Å². The number of pyridine rings is 1. The van der Waals surface area contributed by atoms with Crippen LogP contribution in [0.15, 0.2) is 48.8 Å². The maximum absolute atomic E-state index is 12.5. The molecule has 2 heterocycles. The van der Waals surface area contributed by atoms with E-state index in [4.69, 9.17) is 11.6 Å². The first-order chi connectivity index (χ1) is 12.2. The van der Waals surface area contributed by atoms with Crippen molar-refractivity contribution >= 4 is 17.5 Å². The van der Waals surface area contributed by atoms with Crippen LogP contribution >= 0.6 is 11.6 Å². The van der Waals surface area contributed by atoms with Gasteiger partial charge in [0.15, 0.2) is 0 Å². The van der Waals surface area contributed by atoms with E-state index in [1.165, 1.54) is 5.56 Å². The lowest BCUT2D eigenvalue weighted by atomic mass is 9.95. The minimum Gasteiger partial charge on any atom is -0.354 e. The van der Waals surface area contributed by atoms with E-state index in [0.29, 0.717) is 6.54 Å². The van der Waals surface area contributed by atoms with E-state index in [-0.39, 0.29) is 23.4 Å². The summed E-state index contributed by atoms with van der Waals surface area (Å²) < 4.78 is 0. The number of hydrogen-bond acceptors (Lipinski definition) is 4. The molecule has 0 spiro atoms. The summed E-state index contributed by atoms with van der Waals surface area (Å²) in [6.45, 7) is 0.672. The Hall–Kier alpha value is -1.95. The second-order valence-electron chi connectivity index (χ2n) is 6.92. The van der Waals surface area contributed by atoms with Crippen molar-refractivity contribution in [2.24, 2.45) is 0 Å². The maximum Gasteiger partial charge on any atom is 0.238 e. The first-order valence-corrected chi connectivity index (χ1v) is 8.99. The van der Waals surface area contributed by atoms with Crippen LogP contribution in [0.25, 0.3) is 0 Å². The van der Waals surface area contributed by atoms with E-state index in [1.807, 2.05) is 24.3 Å². The van der Waals surface area contributed by atoms with Gasteiger partial charge in [0.2, 0.25) is 5.91 Å². The molecular formula is C19H21ClN4O. The number of carbonyl (C=O) groups is 1. The lowest BCUT2D eigenvalue weighted by Gasteiger charge is -2.18. The molecule has 1 aromatic carbocycles. The number of hydrogen-bond donors (Lipinski definition) is 3. The average Bonchev–Trinajstić information content (AvgIpc) is 3.27. The number of amides is 1. The van der Waals surface area contributed by atoms with Gasteiger partial charge in [-0.3, -0.25) is 9.78 Å². The van der Waals surface area contributed by atoms with Crippen LogP contribution in [0.2, 0.25) is 5.02 Å². The number of benzene rings is 1. The minimum absolute atomic E-state index is 0.0456. The molecule has 1 amide bonds. The topological polar surface area (TPSA) is 66.0 Å². The van der Waals surface area contributed by atoms with Gasteiger partial charge in [0, 0.05) is 35.4 Å². The third-order valence-electron chi connectivity index (χ3n) is 5.24. The quantitative estimate of drug-likeness (QED) is 0.770. The van der Waals surface area contributed by atoms with Crippen LogP contribution in [0.3, 0.4) is 0 Å². The van der Waals surface area contributed by atoms with Gasteiger partial charge in [0.05, 0.1) is 0 Å². The Bertz CT molecular complexity index is 746. The SMILES string of the molecule is O=C(NCC1(c2ccc(Cl)cc2)CC1)C1CC(c2ccncc2)NN1. The Morgan fingerprint density at radius 1 is 1.16 bits per heavy atom. The fourth-order valence-electron chi connectivity index (χ4n) is 3.44. The van der Waals surface area contributed by atoms with Gasteiger partial charge in [0.1, 0.15) is 6.04 Å². The highest BCUT2D eigenvalue weighted by Crippen LogP contribution is 2.47. The van der Waals surface area contributed by atoms with Gasteiger partial charge in [-0.15, -0.1) is 0 Å². The Labute approximate surface area is 152 Å². The van der Waals surface area contributed by atoms with Crippen molar-refractivity contribution in [3.8, 4) is 0 Å². The Morgan fingerprint density at radius 3 is 2.56 bits per heavy atom. The molecule has 0 bridgehead atoms. The van der Waals surface area contributed by atoms with Crippen molar-refractivity contribution in [1.29, 1.82) is 0 Å². The van der Waals surface area contributed by atoms with Gasteiger partial charge >= 0.3 is 0 Å². The highest BCUT2D eigenvalue weighted by molar-refractivity contribution is 6.30. The lowest BCUT2D eigenvalue weighted by Crippen LogP contribution is -2.45. The normalized spacial score (nSPS) is 24.0. The van der Waals surface area contributed by atoms with Gasteiger partial charge in [0.25, 0.3) is 0 Å². The summed E-state index contributed by atoms with van der Waals surface area (Å²) >= 11 is 5.97. The number of aromatic nitrogens is 1. The highest BCUT2D eigenvalue weighted by atomic mass is 35.5. The number of carbonyl (C=O) groups excluding carboxylic acids is 1. The molecule has 5 nitrogen and oxygen atoms in total. The van der Waals surface area contributed by atoms with E-state index in [9.17, 15) is 4.79 Å². The van der Waals surface area contributed by atoms with Gasteiger partial charge in [-0.25, -0.2) is 10.9 Å².